The van der Waals surface area contributed by atoms with Gasteiger partial charge in [-0.3, -0.25) is 14.4 Å². The highest BCUT2D eigenvalue weighted by molar-refractivity contribution is 5.89. The number of carboxylic acid groups (broad SMARTS) is 1. The highest BCUT2D eigenvalue weighted by Gasteiger charge is 2.32. The lowest BCUT2D eigenvalue weighted by Crippen LogP contribution is -2.44. The lowest BCUT2D eigenvalue weighted by molar-refractivity contribution is -0.141. The van der Waals surface area contributed by atoms with Crippen LogP contribution >= 0.6 is 0 Å². The van der Waals surface area contributed by atoms with E-state index < -0.39 is 17.9 Å². The molecular formula is C19H26N2O4. The van der Waals surface area contributed by atoms with E-state index in [4.69, 9.17) is 5.11 Å². The first-order valence-electron chi connectivity index (χ1n) is 8.74. The summed E-state index contributed by atoms with van der Waals surface area (Å²) in [6, 6.07) is 8.16. The Morgan fingerprint density at radius 3 is 2.40 bits per heavy atom. The zero-order chi connectivity index (χ0) is 18.4. The van der Waals surface area contributed by atoms with Crippen molar-refractivity contribution in [3.05, 3.63) is 35.9 Å². The van der Waals surface area contributed by atoms with Gasteiger partial charge in [-0.2, -0.15) is 0 Å². The summed E-state index contributed by atoms with van der Waals surface area (Å²) in [5, 5.41) is 14.8. The van der Waals surface area contributed by atoms with Crippen LogP contribution in [0, 0.1) is 11.8 Å². The van der Waals surface area contributed by atoms with Crippen LogP contribution in [0.1, 0.15) is 51.1 Å². The second-order valence-corrected chi connectivity index (χ2v) is 7.06. The maximum atomic E-state index is 12.7. The summed E-state index contributed by atoms with van der Waals surface area (Å²) in [5.74, 6) is -1.49. The lowest BCUT2D eigenvalue weighted by Gasteiger charge is -2.22. The van der Waals surface area contributed by atoms with E-state index in [1.54, 1.807) is 12.1 Å². The molecule has 3 atom stereocenters. The number of rotatable bonds is 7. The smallest absolute Gasteiger partial charge is 0.306 e. The number of amides is 2. The second kappa shape index (κ2) is 8.65. The van der Waals surface area contributed by atoms with Crippen molar-refractivity contribution in [1.29, 1.82) is 0 Å². The van der Waals surface area contributed by atoms with Gasteiger partial charge in [0.05, 0.1) is 5.92 Å². The van der Waals surface area contributed by atoms with Gasteiger partial charge in [0, 0.05) is 12.5 Å². The predicted octanol–water partition coefficient (Wildman–Crippen LogP) is 2.26. The molecule has 0 spiro atoms. The van der Waals surface area contributed by atoms with Crippen LogP contribution in [-0.2, 0) is 14.4 Å². The van der Waals surface area contributed by atoms with Gasteiger partial charge in [-0.05, 0) is 30.7 Å². The van der Waals surface area contributed by atoms with Gasteiger partial charge < -0.3 is 15.7 Å². The monoisotopic (exact) mass is 346 g/mol. The van der Waals surface area contributed by atoms with Crippen LogP contribution in [-0.4, -0.2) is 28.9 Å². The standard InChI is InChI=1S/C19H26N2O4/c1-12(2)10-16(22)21-17(13-6-4-3-5-7-13)18(23)20-15-9-8-14(11-15)19(24)25/h3-7,12,14-15,17H,8-11H2,1-2H3,(H,20,23)(H,21,22)(H,24,25)/t14-,15+,17?/m0/s1. The highest BCUT2D eigenvalue weighted by Crippen LogP contribution is 2.26. The molecule has 0 radical (unpaired) electrons. The average Bonchev–Trinajstić information content (AvgIpc) is 3.01. The highest BCUT2D eigenvalue weighted by atomic mass is 16.4. The second-order valence-electron chi connectivity index (χ2n) is 7.06. The van der Waals surface area contributed by atoms with Crippen molar-refractivity contribution in [2.24, 2.45) is 11.8 Å². The molecule has 1 fully saturated rings. The molecule has 0 aromatic heterocycles. The topological polar surface area (TPSA) is 95.5 Å². The number of benzene rings is 1. The van der Waals surface area contributed by atoms with Crippen LogP contribution in [0.4, 0.5) is 0 Å². The molecule has 1 aromatic carbocycles. The molecule has 136 valence electrons. The molecule has 3 N–H and O–H groups in total. The summed E-state index contributed by atoms with van der Waals surface area (Å²) in [5.41, 5.74) is 0.713. The number of carbonyl (C=O) groups excluding carboxylic acids is 2. The van der Waals surface area contributed by atoms with Gasteiger partial charge in [0.15, 0.2) is 0 Å². The molecule has 6 nitrogen and oxygen atoms in total. The van der Waals surface area contributed by atoms with Crippen molar-refractivity contribution in [1.82, 2.24) is 10.6 Å². The molecule has 1 unspecified atom stereocenters. The van der Waals surface area contributed by atoms with Crippen LogP contribution < -0.4 is 10.6 Å². The van der Waals surface area contributed by atoms with E-state index in [-0.39, 0.29) is 23.8 Å². The van der Waals surface area contributed by atoms with E-state index in [9.17, 15) is 14.4 Å². The van der Waals surface area contributed by atoms with Crippen molar-refractivity contribution in [2.75, 3.05) is 0 Å². The van der Waals surface area contributed by atoms with Gasteiger partial charge in [0.2, 0.25) is 11.8 Å². The van der Waals surface area contributed by atoms with Crippen molar-refractivity contribution in [3.63, 3.8) is 0 Å². The Morgan fingerprint density at radius 2 is 1.84 bits per heavy atom. The largest absolute Gasteiger partial charge is 0.481 e. The lowest BCUT2D eigenvalue weighted by atomic mass is 10.0. The van der Waals surface area contributed by atoms with E-state index in [1.165, 1.54) is 0 Å². The summed E-state index contributed by atoms with van der Waals surface area (Å²) in [6.07, 6.45) is 1.99. The fourth-order valence-electron chi connectivity index (χ4n) is 3.16. The van der Waals surface area contributed by atoms with E-state index in [2.05, 4.69) is 10.6 Å². The molecule has 0 bridgehead atoms. The first-order valence-corrected chi connectivity index (χ1v) is 8.74. The van der Waals surface area contributed by atoms with Crippen molar-refractivity contribution < 1.29 is 19.5 Å². The molecule has 6 heteroatoms. The molecule has 1 aliphatic carbocycles. The Balaban J connectivity index is 2.05. The van der Waals surface area contributed by atoms with E-state index in [1.807, 2.05) is 32.0 Å². The zero-order valence-corrected chi connectivity index (χ0v) is 14.7. The Kier molecular flexibility index (Phi) is 6.56. The van der Waals surface area contributed by atoms with Crippen molar-refractivity contribution in [3.8, 4) is 0 Å². The third-order valence-electron chi connectivity index (χ3n) is 4.42. The number of hydrogen-bond acceptors (Lipinski definition) is 3. The summed E-state index contributed by atoms with van der Waals surface area (Å²) < 4.78 is 0. The fraction of sp³-hybridized carbons (Fsp3) is 0.526. The quantitative estimate of drug-likeness (QED) is 0.706. The number of hydrogen-bond donors (Lipinski definition) is 3. The normalized spacial score (nSPS) is 20.9. The molecule has 25 heavy (non-hydrogen) atoms. The minimum atomic E-state index is -0.818. The van der Waals surface area contributed by atoms with Crippen molar-refractivity contribution in [2.45, 2.75) is 51.6 Å². The Labute approximate surface area is 148 Å². The van der Waals surface area contributed by atoms with Crippen LogP contribution in [0.3, 0.4) is 0 Å². The van der Waals surface area contributed by atoms with Crippen molar-refractivity contribution >= 4 is 17.8 Å². The summed E-state index contributed by atoms with van der Waals surface area (Å²) in [7, 11) is 0. The Hall–Kier alpha value is -2.37. The van der Waals surface area contributed by atoms with Gasteiger partial charge in [-0.15, -0.1) is 0 Å². The molecule has 0 aliphatic heterocycles. The first-order chi connectivity index (χ1) is 11.9. The maximum absolute atomic E-state index is 12.7. The minimum Gasteiger partial charge on any atom is -0.481 e. The third kappa shape index (κ3) is 5.59. The SMILES string of the molecule is CC(C)CC(=O)NC(C(=O)N[C@@H]1CC[C@H](C(=O)O)C1)c1ccccc1. The summed E-state index contributed by atoms with van der Waals surface area (Å²) in [6.45, 7) is 3.89. The number of nitrogens with one attached hydrogen (secondary N) is 2. The van der Waals surface area contributed by atoms with Crippen LogP contribution in [0.5, 0.6) is 0 Å². The summed E-state index contributed by atoms with van der Waals surface area (Å²) in [4.78, 5) is 35.9. The van der Waals surface area contributed by atoms with E-state index in [0.717, 1.165) is 0 Å². The average molecular weight is 346 g/mol. The maximum Gasteiger partial charge on any atom is 0.306 e. The van der Waals surface area contributed by atoms with Gasteiger partial charge in [-0.1, -0.05) is 44.2 Å². The molecular weight excluding hydrogens is 320 g/mol. The van der Waals surface area contributed by atoms with Gasteiger partial charge in [0.25, 0.3) is 0 Å². The molecule has 0 heterocycles. The van der Waals surface area contributed by atoms with Crippen LogP contribution in [0.15, 0.2) is 30.3 Å². The van der Waals surface area contributed by atoms with Crippen LogP contribution in [0.2, 0.25) is 0 Å². The molecule has 1 aliphatic rings. The number of carboxylic acids is 1. The Bertz CT molecular complexity index is 615. The third-order valence-corrected chi connectivity index (χ3v) is 4.42. The molecule has 1 aromatic rings. The first kappa shape index (κ1) is 19.0. The Morgan fingerprint density at radius 1 is 1.16 bits per heavy atom. The molecule has 2 rings (SSSR count). The summed E-state index contributed by atoms with van der Waals surface area (Å²) >= 11 is 0. The number of aliphatic carboxylic acids is 1. The molecule has 2 amide bonds. The van der Waals surface area contributed by atoms with Gasteiger partial charge >= 0.3 is 5.97 Å². The van der Waals surface area contributed by atoms with E-state index >= 15 is 0 Å². The fourth-order valence-corrected chi connectivity index (χ4v) is 3.16. The van der Waals surface area contributed by atoms with Gasteiger partial charge in [0.1, 0.15) is 6.04 Å². The predicted molar refractivity (Wildman–Crippen MR) is 93.7 cm³/mol. The molecule has 1 saturated carbocycles. The van der Waals surface area contributed by atoms with Gasteiger partial charge in [-0.25, -0.2) is 0 Å². The zero-order valence-electron chi connectivity index (χ0n) is 14.7. The minimum absolute atomic E-state index is 0.165. The molecule has 0 saturated heterocycles. The van der Waals surface area contributed by atoms with E-state index in [0.29, 0.717) is 31.2 Å². The van der Waals surface area contributed by atoms with Crippen LogP contribution in [0.25, 0.3) is 0 Å². The number of carbonyl (C=O) groups is 3.